The molecule has 0 aliphatic carbocycles. The second-order valence-corrected chi connectivity index (χ2v) is 10.7. The Morgan fingerprint density at radius 1 is 0.564 bits per heavy atom. The van der Waals surface area contributed by atoms with Gasteiger partial charge in [0.1, 0.15) is 0 Å². The molecule has 0 atom stereocenters. The molecule has 5 rings (SSSR count). The second kappa shape index (κ2) is 11.9. The highest BCUT2D eigenvalue weighted by atomic mass is 32.2. The third-order valence-corrected chi connectivity index (χ3v) is 7.69. The van der Waals surface area contributed by atoms with Crippen molar-refractivity contribution in [2.45, 2.75) is 18.1 Å². The van der Waals surface area contributed by atoms with Gasteiger partial charge in [0.05, 0.1) is 18.1 Å². The van der Waals surface area contributed by atoms with Crippen LogP contribution in [-0.4, -0.2) is 14.3 Å². The van der Waals surface area contributed by atoms with Crippen LogP contribution in [0.25, 0.3) is 22.3 Å². The normalized spacial score (nSPS) is 11.2. The van der Waals surface area contributed by atoms with Crippen LogP contribution in [0.3, 0.4) is 0 Å². The van der Waals surface area contributed by atoms with E-state index >= 15 is 0 Å². The summed E-state index contributed by atoms with van der Waals surface area (Å²) in [6.45, 7) is 0.821. The molecule has 5 aromatic carbocycles. The predicted octanol–water partition coefficient (Wildman–Crippen LogP) is 6.86. The number of hydrogen-bond acceptors (Lipinski definition) is 4. The zero-order chi connectivity index (χ0) is 27.1. The predicted molar refractivity (Wildman–Crippen MR) is 153 cm³/mol. The van der Waals surface area contributed by atoms with Gasteiger partial charge in [-0.25, -0.2) is 13.1 Å². The Bertz CT molecular complexity index is 1650. The molecule has 0 saturated carbocycles. The summed E-state index contributed by atoms with van der Waals surface area (Å²) in [5, 5.41) is 0. The fourth-order valence-corrected chi connectivity index (χ4v) is 5.46. The average molecular weight is 534 g/mol. The minimum Gasteiger partial charge on any atom is -0.372 e. The molecule has 6 heteroatoms. The van der Waals surface area contributed by atoms with E-state index in [1.54, 1.807) is 42.5 Å². The minimum atomic E-state index is -4.09. The summed E-state index contributed by atoms with van der Waals surface area (Å²) in [6.07, 6.45) is 0. The molecule has 194 valence electrons. The van der Waals surface area contributed by atoms with Crippen LogP contribution in [0.4, 0.5) is 0 Å². The van der Waals surface area contributed by atoms with Gasteiger partial charge in [-0.15, -0.1) is 0 Å². The van der Waals surface area contributed by atoms with Gasteiger partial charge < -0.3 is 4.74 Å². The van der Waals surface area contributed by atoms with E-state index in [0.29, 0.717) is 18.8 Å². The lowest BCUT2D eigenvalue weighted by molar-refractivity contribution is 0.0980. The van der Waals surface area contributed by atoms with Gasteiger partial charge in [0.25, 0.3) is 15.9 Å². The third kappa shape index (κ3) is 6.49. The first kappa shape index (κ1) is 26.1. The number of hydrogen-bond donors (Lipinski definition) is 1. The van der Waals surface area contributed by atoms with Crippen molar-refractivity contribution in [1.82, 2.24) is 4.72 Å². The van der Waals surface area contributed by atoms with Crippen LogP contribution in [0.15, 0.2) is 138 Å². The Morgan fingerprint density at radius 3 is 1.67 bits per heavy atom. The summed E-state index contributed by atoms with van der Waals surface area (Å²) in [5.74, 6) is -0.691. The molecule has 0 heterocycles. The van der Waals surface area contributed by atoms with Crippen molar-refractivity contribution in [3.63, 3.8) is 0 Å². The highest BCUT2D eigenvalue weighted by Crippen LogP contribution is 2.27. The monoisotopic (exact) mass is 533 g/mol. The highest BCUT2D eigenvalue weighted by Gasteiger charge is 2.22. The summed E-state index contributed by atoms with van der Waals surface area (Å²) < 4.78 is 34.3. The number of amides is 1. The largest absolute Gasteiger partial charge is 0.372 e. The number of nitrogens with one attached hydrogen (secondary N) is 1. The van der Waals surface area contributed by atoms with E-state index in [9.17, 15) is 13.2 Å². The summed E-state index contributed by atoms with van der Waals surface area (Å²) in [5.41, 5.74) is 5.79. The maximum Gasteiger partial charge on any atom is 0.264 e. The molecule has 1 N–H and O–H groups in total. The Morgan fingerprint density at radius 2 is 1.05 bits per heavy atom. The van der Waals surface area contributed by atoms with Crippen LogP contribution < -0.4 is 4.72 Å². The van der Waals surface area contributed by atoms with Crippen molar-refractivity contribution in [2.24, 2.45) is 0 Å². The zero-order valence-corrected chi connectivity index (χ0v) is 22.0. The number of carbonyl (C=O) groups is 1. The molecule has 5 nitrogen and oxygen atoms in total. The molecular formula is C33H27NO4S. The molecule has 0 unspecified atom stereocenters. The standard InChI is InChI=1S/C33H27NO4S/c35-33(34-39(36,37)32-14-8-7-13-31(32)29-11-5-2-6-12-29)30-21-17-26(18-22-30)24-38-23-25-15-19-28(20-16-25)27-9-3-1-4-10-27/h1-22H,23-24H2,(H,34,35). The van der Waals surface area contributed by atoms with Gasteiger partial charge in [-0.3, -0.25) is 4.79 Å². The number of benzene rings is 5. The van der Waals surface area contributed by atoms with E-state index in [1.165, 1.54) is 11.6 Å². The molecule has 0 aliphatic heterocycles. The molecule has 1 amide bonds. The Hall–Kier alpha value is -4.52. The van der Waals surface area contributed by atoms with Crippen LogP contribution in [0.5, 0.6) is 0 Å². The third-order valence-electron chi connectivity index (χ3n) is 6.30. The first-order valence-electron chi connectivity index (χ1n) is 12.5. The average Bonchev–Trinajstić information content (AvgIpc) is 2.98. The van der Waals surface area contributed by atoms with Crippen molar-refractivity contribution in [3.8, 4) is 22.3 Å². The van der Waals surface area contributed by atoms with Crippen molar-refractivity contribution in [2.75, 3.05) is 0 Å². The fraction of sp³-hybridized carbons (Fsp3) is 0.0606. The van der Waals surface area contributed by atoms with Crippen LogP contribution in [0, 0.1) is 0 Å². The summed E-state index contributed by atoms with van der Waals surface area (Å²) in [4.78, 5) is 12.8. The fourth-order valence-electron chi connectivity index (χ4n) is 4.26. The highest BCUT2D eigenvalue weighted by molar-refractivity contribution is 7.90. The van der Waals surface area contributed by atoms with Crippen LogP contribution in [0.1, 0.15) is 21.5 Å². The SMILES string of the molecule is O=C(NS(=O)(=O)c1ccccc1-c1ccccc1)c1ccc(COCc2ccc(-c3ccccc3)cc2)cc1. The lowest BCUT2D eigenvalue weighted by Gasteiger charge is -2.12. The van der Waals surface area contributed by atoms with E-state index in [4.69, 9.17) is 4.74 Å². The quantitative estimate of drug-likeness (QED) is 0.225. The van der Waals surface area contributed by atoms with Crippen molar-refractivity contribution in [1.29, 1.82) is 0 Å². The smallest absolute Gasteiger partial charge is 0.264 e. The van der Waals surface area contributed by atoms with Crippen LogP contribution in [0.2, 0.25) is 0 Å². The maximum absolute atomic E-state index is 13.1. The van der Waals surface area contributed by atoms with Gasteiger partial charge in [0, 0.05) is 11.1 Å². The Kier molecular flexibility index (Phi) is 7.96. The van der Waals surface area contributed by atoms with Gasteiger partial charge in [0.15, 0.2) is 0 Å². The lowest BCUT2D eigenvalue weighted by Crippen LogP contribution is -2.30. The topological polar surface area (TPSA) is 72.5 Å². The number of sulfonamides is 1. The Labute approximate surface area is 228 Å². The molecule has 0 bridgehead atoms. The molecule has 0 aromatic heterocycles. The number of rotatable bonds is 9. The molecule has 0 aliphatic rings. The maximum atomic E-state index is 13.1. The molecule has 39 heavy (non-hydrogen) atoms. The molecule has 5 aromatic rings. The number of ether oxygens (including phenoxy) is 1. The lowest BCUT2D eigenvalue weighted by atomic mass is 10.0. The van der Waals surface area contributed by atoms with Gasteiger partial charge in [-0.05, 0) is 46.0 Å². The molecular weight excluding hydrogens is 506 g/mol. The second-order valence-electron chi connectivity index (χ2n) is 9.05. The number of carbonyl (C=O) groups excluding carboxylic acids is 1. The van der Waals surface area contributed by atoms with E-state index < -0.39 is 15.9 Å². The van der Waals surface area contributed by atoms with Crippen LogP contribution in [-0.2, 0) is 28.0 Å². The summed E-state index contributed by atoms with van der Waals surface area (Å²) >= 11 is 0. The van der Waals surface area contributed by atoms with Crippen molar-refractivity contribution < 1.29 is 17.9 Å². The zero-order valence-electron chi connectivity index (χ0n) is 21.2. The molecule has 0 saturated heterocycles. The van der Waals surface area contributed by atoms with Gasteiger partial charge in [0.2, 0.25) is 0 Å². The minimum absolute atomic E-state index is 0.0476. The van der Waals surface area contributed by atoms with Crippen molar-refractivity contribution >= 4 is 15.9 Å². The van der Waals surface area contributed by atoms with E-state index in [0.717, 1.165) is 22.3 Å². The van der Waals surface area contributed by atoms with Crippen molar-refractivity contribution in [3.05, 3.63) is 150 Å². The molecule has 0 spiro atoms. The van der Waals surface area contributed by atoms with E-state index in [2.05, 4.69) is 29.0 Å². The van der Waals surface area contributed by atoms with Gasteiger partial charge >= 0.3 is 0 Å². The van der Waals surface area contributed by atoms with Gasteiger partial charge in [-0.1, -0.05) is 115 Å². The molecule has 0 radical (unpaired) electrons. The van der Waals surface area contributed by atoms with Gasteiger partial charge in [-0.2, -0.15) is 0 Å². The molecule has 0 fully saturated rings. The van der Waals surface area contributed by atoms with E-state index in [-0.39, 0.29) is 10.5 Å². The summed E-state index contributed by atoms with van der Waals surface area (Å²) in [6, 6.07) is 41.0. The first-order valence-corrected chi connectivity index (χ1v) is 14.0. The van der Waals surface area contributed by atoms with E-state index in [1.807, 2.05) is 60.7 Å². The van der Waals surface area contributed by atoms with Crippen LogP contribution >= 0.6 is 0 Å². The first-order chi connectivity index (χ1) is 19.0. The summed E-state index contributed by atoms with van der Waals surface area (Å²) in [7, 11) is -4.09. The Balaban J connectivity index is 1.18.